The Labute approximate surface area is 94.9 Å². The Kier molecular flexibility index (Phi) is 2.46. The van der Waals surface area contributed by atoms with Crippen LogP contribution < -0.4 is 15.2 Å². The predicted octanol–water partition coefficient (Wildman–Crippen LogP) is 0.948. The molecule has 1 fully saturated rings. The number of nitrogens with zero attached hydrogens (tertiary/aromatic N) is 1. The summed E-state index contributed by atoms with van der Waals surface area (Å²) >= 11 is 0. The van der Waals surface area contributed by atoms with Crippen LogP contribution in [0.2, 0.25) is 0 Å². The largest absolute Gasteiger partial charge is 0.454 e. The Morgan fingerprint density at radius 1 is 1.31 bits per heavy atom. The van der Waals surface area contributed by atoms with Gasteiger partial charge in [-0.2, -0.15) is 0 Å². The molecule has 1 saturated heterocycles. The molecule has 1 aromatic carbocycles. The maximum atomic E-state index is 5.88. The maximum Gasteiger partial charge on any atom is 0.231 e. The van der Waals surface area contributed by atoms with E-state index in [0.717, 1.165) is 37.6 Å². The van der Waals surface area contributed by atoms with Crippen molar-refractivity contribution in [1.29, 1.82) is 0 Å². The SMILES string of the molecule is N[C@@H]1CCN(Cc2ccc3c(c2)OCO3)C1. The molecule has 0 amide bonds. The van der Waals surface area contributed by atoms with Gasteiger partial charge in [-0.3, -0.25) is 4.90 Å². The van der Waals surface area contributed by atoms with E-state index in [2.05, 4.69) is 17.0 Å². The van der Waals surface area contributed by atoms with Crippen molar-refractivity contribution < 1.29 is 9.47 Å². The minimum Gasteiger partial charge on any atom is -0.454 e. The van der Waals surface area contributed by atoms with Crippen molar-refractivity contribution in [2.45, 2.75) is 19.0 Å². The van der Waals surface area contributed by atoms with Gasteiger partial charge >= 0.3 is 0 Å². The van der Waals surface area contributed by atoms with Crippen LogP contribution in [0.25, 0.3) is 0 Å². The molecule has 2 heterocycles. The molecule has 2 aliphatic heterocycles. The monoisotopic (exact) mass is 220 g/mol. The number of nitrogens with two attached hydrogens (primary N) is 1. The molecule has 3 rings (SSSR count). The number of rotatable bonds is 2. The molecule has 0 spiro atoms. The summed E-state index contributed by atoms with van der Waals surface area (Å²) in [5, 5.41) is 0. The lowest BCUT2D eigenvalue weighted by Gasteiger charge is -2.15. The third-order valence-corrected chi connectivity index (χ3v) is 3.15. The average Bonchev–Trinajstić information content (AvgIpc) is 2.87. The van der Waals surface area contributed by atoms with Crippen molar-refractivity contribution >= 4 is 0 Å². The third-order valence-electron chi connectivity index (χ3n) is 3.15. The fourth-order valence-corrected chi connectivity index (χ4v) is 2.30. The molecule has 0 bridgehead atoms. The number of fused-ring (bicyclic) bond motifs is 1. The number of benzene rings is 1. The first-order valence-electron chi connectivity index (χ1n) is 5.68. The Morgan fingerprint density at radius 3 is 3.00 bits per heavy atom. The molecule has 4 nitrogen and oxygen atoms in total. The maximum absolute atomic E-state index is 5.88. The summed E-state index contributed by atoms with van der Waals surface area (Å²) in [5.74, 6) is 1.71. The molecule has 1 atom stereocenters. The summed E-state index contributed by atoms with van der Waals surface area (Å²) in [4.78, 5) is 2.38. The Morgan fingerprint density at radius 2 is 2.19 bits per heavy atom. The highest BCUT2D eigenvalue weighted by molar-refractivity contribution is 5.44. The van der Waals surface area contributed by atoms with E-state index in [1.165, 1.54) is 5.56 Å². The fourth-order valence-electron chi connectivity index (χ4n) is 2.30. The van der Waals surface area contributed by atoms with Gasteiger partial charge in [0.1, 0.15) is 0 Å². The summed E-state index contributed by atoms with van der Waals surface area (Å²) in [6.45, 7) is 3.38. The summed E-state index contributed by atoms with van der Waals surface area (Å²) in [7, 11) is 0. The lowest BCUT2D eigenvalue weighted by atomic mass is 10.2. The zero-order chi connectivity index (χ0) is 11.0. The molecule has 1 aromatic rings. The van der Waals surface area contributed by atoms with Gasteiger partial charge in [-0.25, -0.2) is 0 Å². The zero-order valence-corrected chi connectivity index (χ0v) is 9.19. The van der Waals surface area contributed by atoms with E-state index in [1.807, 2.05) is 6.07 Å². The highest BCUT2D eigenvalue weighted by Crippen LogP contribution is 2.32. The van der Waals surface area contributed by atoms with Crippen LogP contribution in [0.15, 0.2) is 18.2 Å². The van der Waals surface area contributed by atoms with E-state index in [4.69, 9.17) is 15.2 Å². The van der Waals surface area contributed by atoms with Crippen molar-refractivity contribution in [2.75, 3.05) is 19.9 Å². The summed E-state index contributed by atoms with van der Waals surface area (Å²) in [5.41, 5.74) is 7.14. The molecule has 0 saturated carbocycles. The van der Waals surface area contributed by atoms with Gasteiger partial charge in [0, 0.05) is 25.7 Å². The van der Waals surface area contributed by atoms with Crippen LogP contribution in [0.1, 0.15) is 12.0 Å². The second-order valence-corrected chi connectivity index (χ2v) is 4.47. The van der Waals surface area contributed by atoms with Crippen molar-refractivity contribution in [2.24, 2.45) is 5.73 Å². The number of likely N-dealkylation sites (tertiary alicyclic amines) is 1. The molecule has 86 valence electrons. The van der Waals surface area contributed by atoms with Crippen LogP contribution in [0.3, 0.4) is 0 Å². The summed E-state index contributed by atoms with van der Waals surface area (Å²) in [6.07, 6.45) is 1.10. The fraction of sp³-hybridized carbons (Fsp3) is 0.500. The molecule has 4 heteroatoms. The van der Waals surface area contributed by atoms with E-state index in [1.54, 1.807) is 0 Å². The minimum atomic E-state index is 0.341. The van der Waals surface area contributed by atoms with Gasteiger partial charge in [0.25, 0.3) is 0 Å². The number of hydrogen-bond donors (Lipinski definition) is 1. The van der Waals surface area contributed by atoms with Gasteiger partial charge in [0.15, 0.2) is 11.5 Å². The van der Waals surface area contributed by atoms with Crippen LogP contribution >= 0.6 is 0 Å². The summed E-state index contributed by atoms with van der Waals surface area (Å²) in [6, 6.07) is 6.48. The van der Waals surface area contributed by atoms with Gasteiger partial charge in [0.05, 0.1) is 0 Å². The van der Waals surface area contributed by atoms with Crippen molar-refractivity contribution in [1.82, 2.24) is 4.90 Å². The molecule has 2 N–H and O–H groups in total. The van der Waals surface area contributed by atoms with E-state index in [0.29, 0.717) is 12.8 Å². The van der Waals surface area contributed by atoms with Crippen LogP contribution in [-0.4, -0.2) is 30.8 Å². The molecule has 0 unspecified atom stereocenters. The molecule has 0 aromatic heterocycles. The lowest BCUT2D eigenvalue weighted by molar-refractivity contribution is 0.174. The van der Waals surface area contributed by atoms with E-state index in [9.17, 15) is 0 Å². The molecule has 2 aliphatic rings. The molecule has 0 radical (unpaired) electrons. The lowest BCUT2D eigenvalue weighted by Crippen LogP contribution is -2.26. The first-order chi connectivity index (χ1) is 7.81. The van der Waals surface area contributed by atoms with Crippen LogP contribution in [0, 0.1) is 0 Å². The van der Waals surface area contributed by atoms with Gasteiger partial charge in [0.2, 0.25) is 6.79 Å². The topological polar surface area (TPSA) is 47.7 Å². The van der Waals surface area contributed by atoms with Gasteiger partial charge in [-0.1, -0.05) is 6.07 Å². The van der Waals surface area contributed by atoms with Crippen molar-refractivity contribution in [3.8, 4) is 11.5 Å². The number of ether oxygens (including phenoxy) is 2. The first-order valence-corrected chi connectivity index (χ1v) is 5.68. The zero-order valence-electron chi connectivity index (χ0n) is 9.19. The Bertz CT molecular complexity index is 395. The van der Waals surface area contributed by atoms with Gasteiger partial charge < -0.3 is 15.2 Å². The van der Waals surface area contributed by atoms with E-state index < -0.39 is 0 Å². The molecule has 0 aliphatic carbocycles. The van der Waals surface area contributed by atoms with Crippen LogP contribution in [0.4, 0.5) is 0 Å². The quantitative estimate of drug-likeness (QED) is 0.806. The third kappa shape index (κ3) is 1.86. The molecule has 16 heavy (non-hydrogen) atoms. The smallest absolute Gasteiger partial charge is 0.231 e. The first kappa shape index (κ1) is 9.93. The molecular weight excluding hydrogens is 204 g/mol. The summed E-state index contributed by atoms with van der Waals surface area (Å²) < 4.78 is 10.6. The average molecular weight is 220 g/mol. The van der Waals surface area contributed by atoms with Crippen LogP contribution in [0.5, 0.6) is 11.5 Å². The second-order valence-electron chi connectivity index (χ2n) is 4.47. The normalized spacial score (nSPS) is 23.9. The van der Waals surface area contributed by atoms with Gasteiger partial charge in [-0.05, 0) is 24.1 Å². The van der Waals surface area contributed by atoms with Gasteiger partial charge in [-0.15, -0.1) is 0 Å². The molecular formula is C12H16N2O2. The van der Waals surface area contributed by atoms with Crippen molar-refractivity contribution in [3.05, 3.63) is 23.8 Å². The Hall–Kier alpha value is -1.26. The minimum absolute atomic E-state index is 0.341. The second kappa shape index (κ2) is 3.96. The Balaban J connectivity index is 1.71. The number of hydrogen-bond acceptors (Lipinski definition) is 4. The highest BCUT2D eigenvalue weighted by atomic mass is 16.7. The standard InChI is InChI=1S/C12H16N2O2/c13-10-3-4-14(7-10)6-9-1-2-11-12(5-9)16-8-15-11/h1-2,5,10H,3-4,6-8,13H2/t10-/m1/s1. The van der Waals surface area contributed by atoms with E-state index >= 15 is 0 Å². The van der Waals surface area contributed by atoms with E-state index in [-0.39, 0.29) is 0 Å². The predicted molar refractivity (Wildman–Crippen MR) is 60.4 cm³/mol. The van der Waals surface area contributed by atoms with Crippen LogP contribution in [-0.2, 0) is 6.54 Å². The highest BCUT2D eigenvalue weighted by Gasteiger charge is 2.20. The van der Waals surface area contributed by atoms with Crippen molar-refractivity contribution in [3.63, 3.8) is 0 Å².